The van der Waals surface area contributed by atoms with E-state index < -0.39 is 15.5 Å². The van der Waals surface area contributed by atoms with E-state index in [9.17, 15) is 18.0 Å². The minimum absolute atomic E-state index is 0.0388. The van der Waals surface area contributed by atoms with Gasteiger partial charge in [0, 0.05) is 37.2 Å². The first-order valence-corrected chi connectivity index (χ1v) is 10.8. The van der Waals surface area contributed by atoms with E-state index in [1.165, 1.54) is 18.1 Å². The fourth-order valence-corrected chi connectivity index (χ4v) is 5.08. The number of ether oxygens (including phenoxy) is 2. The Morgan fingerprint density at radius 2 is 2.11 bits per heavy atom. The number of carbonyl (C=O) groups excluding carboxylic acids is 1. The van der Waals surface area contributed by atoms with Gasteiger partial charge in [0.25, 0.3) is 5.91 Å². The van der Waals surface area contributed by atoms with E-state index in [2.05, 4.69) is 0 Å². The second-order valence-electron chi connectivity index (χ2n) is 6.83. The predicted molar refractivity (Wildman–Crippen MR) is 103 cm³/mol. The van der Waals surface area contributed by atoms with E-state index in [4.69, 9.17) is 13.9 Å². The minimum atomic E-state index is -3.12. The second-order valence-corrected chi connectivity index (χ2v) is 9.06. The number of carbonyl (C=O) groups is 1. The number of sulfone groups is 1. The summed E-state index contributed by atoms with van der Waals surface area (Å²) in [6, 6.07) is 6.07. The Hall–Kier alpha value is -2.39. The molecule has 1 atom stereocenters. The van der Waals surface area contributed by atoms with Crippen molar-refractivity contribution in [3.63, 3.8) is 0 Å². The fraction of sp³-hybridized carbons (Fsp3) is 0.474. The largest absolute Gasteiger partial charge is 0.484 e. The Kier molecular flexibility index (Phi) is 6.04. The third-order valence-corrected chi connectivity index (χ3v) is 6.54. The highest BCUT2D eigenvalue weighted by Gasteiger charge is 2.34. The molecule has 0 N–H and O–H groups in total. The van der Waals surface area contributed by atoms with Gasteiger partial charge in [-0.1, -0.05) is 0 Å². The molecular formula is C19H23NO7S. The van der Waals surface area contributed by atoms with Gasteiger partial charge in [0.1, 0.15) is 11.3 Å². The highest BCUT2D eigenvalue weighted by Crippen LogP contribution is 2.23. The van der Waals surface area contributed by atoms with E-state index in [0.29, 0.717) is 30.9 Å². The van der Waals surface area contributed by atoms with E-state index in [1.54, 1.807) is 18.2 Å². The molecule has 3 rings (SSSR count). The van der Waals surface area contributed by atoms with Crippen molar-refractivity contribution in [2.45, 2.75) is 19.4 Å². The summed E-state index contributed by atoms with van der Waals surface area (Å²) >= 11 is 0. The zero-order valence-corrected chi connectivity index (χ0v) is 16.7. The molecule has 1 aliphatic rings. The van der Waals surface area contributed by atoms with Gasteiger partial charge in [-0.3, -0.25) is 4.79 Å². The summed E-state index contributed by atoms with van der Waals surface area (Å²) in [5.41, 5.74) is 0.724. The van der Waals surface area contributed by atoms with Gasteiger partial charge in [-0.2, -0.15) is 0 Å². The van der Waals surface area contributed by atoms with E-state index in [1.807, 2.05) is 6.92 Å². The van der Waals surface area contributed by atoms with Gasteiger partial charge in [0.05, 0.1) is 18.1 Å². The molecule has 152 valence electrons. The zero-order valence-electron chi connectivity index (χ0n) is 15.8. The first-order chi connectivity index (χ1) is 13.3. The number of nitrogens with zero attached hydrogens (tertiary/aromatic N) is 1. The maximum absolute atomic E-state index is 12.7. The molecule has 0 unspecified atom stereocenters. The predicted octanol–water partition coefficient (Wildman–Crippen LogP) is 1.14. The summed E-state index contributed by atoms with van der Waals surface area (Å²) in [5, 5.41) is 0.788. The Labute approximate surface area is 162 Å². The summed E-state index contributed by atoms with van der Waals surface area (Å²) < 4.78 is 39.3. The third kappa shape index (κ3) is 4.71. The molecule has 8 nitrogen and oxygen atoms in total. The number of rotatable bonds is 7. The van der Waals surface area contributed by atoms with Crippen molar-refractivity contribution >= 4 is 26.7 Å². The Balaban J connectivity index is 1.71. The third-order valence-electron chi connectivity index (χ3n) is 4.79. The number of hydrogen-bond donors (Lipinski definition) is 0. The van der Waals surface area contributed by atoms with Gasteiger partial charge in [0.15, 0.2) is 16.4 Å². The Bertz CT molecular complexity index is 1030. The molecule has 0 saturated carbocycles. The smallest absolute Gasteiger partial charge is 0.336 e. The first kappa shape index (κ1) is 20.3. The van der Waals surface area contributed by atoms with Gasteiger partial charge in [-0.25, -0.2) is 13.2 Å². The average molecular weight is 409 g/mol. The van der Waals surface area contributed by atoms with Gasteiger partial charge in [0.2, 0.25) is 0 Å². The van der Waals surface area contributed by atoms with Gasteiger partial charge in [-0.05, 0) is 31.0 Å². The topological polar surface area (TPSA) is 103 Å². The number of aryl methyl sites for hydroxylation is 1. The van der Waals surface area contributed by atoms with Crippen LogP contribution in [0.1, 0.15) is 12.0 Å². The van der Waals surface area contributed by atoms with Crippen molar-refractivity contribution in [3.05, 3.63) is 40.2 Å². The van der Waals surface area contributed by atoms with Crippen LogP contribution in [-0.2, 0) is 19.4 Å². The van der Waals surface area contributed by atoms with Crippen molar-refractivity contribution in [3.8, 4) is 5.75 Å². The summed E-state index contributed by atoms with van der Waals surface area (Å²) in [6.45, 7) is 2.17. The second kappa shape index (κ2) is 8.32. The first-order valence-electron chi connectivity index (χ1n) is 8.95. The molecule has 1 saturated heterocycles. The molecule has 2 aromatic rings. The summed E-state index contributed by atoms with van der Waals surface area (Å²) in [4.78, 5) is 25.7. The molecule has 9 heteroatoms. The maximum atomic E-state index is 12.7. The van der Waals surface area contributed by atoms with Crippen molar-refractivity contribution in [1.82, 2.24) is 4.90 Å². The summed E-state index contributed by atoms with van der Waals surface area (Å²) in [7, 11) is -1.59. The van der Waals surface area contributed by atoms with Crippen molar-refractivity contribution in [2.24, 2.45) is 0 Å². The molecule has 1 aromatic heterocycles. The van der Waals surface area contributed by atoms with Gasteiger partial charge >= 0.3 is 5.63 Å². The molecule has 0 radical (unpaired) electrons. The van der Waals surface area contributed by atoms with Crippen LogP contribution in [0.15, 0.2) is 33.5 Å². The van der Waals surface area contributed by atoms with Crippen LogP contribution in [0, 0.1) is 6.92 Å². The van der Waals surface area contributed by atoms with Crippen molar-refractivity contribution in [1.29, 1.82) is 0 Å². The maximum Gasteiger partial charge on any atom is 0.336 e. The number of fused-ring (bicyclic) bond motifs is 1. The molecular weight excluding hydrogens is 386 g/mol. The zero-order chi connectivity index (χ0) is 20.3. The van der Waals surface area contributed by atoms with Gasteiger partial charge in [-0.15, -0.1) is 0 Å². The molecule has 28 heavy (non-hydrogen) atoms. The molecule has 0 aliphatic carbocycles. The Morgan fingerprint density at radius 3 is 2.79 bits per heavy atom. The summed E-state index contributed by atoms with van der Waals surface area (Å²) in [6.07, 6.45) is 0.415. The highest BCUT2D eigenvalue weighted by atomic mass is 32.2. The summed E-state index contributed by atoms with van der Waals surface area (Å²) in [5.74, 6) is 0.117. The van der Waals surface area contributed by atoms with Crippen LogP contribution in [0.4, 0.5) is 0 Å². The SMILES string of the molecule is COCCN(C(=O)COc1ccc2c(C)cc(=O)oc2c1)[C@H]1CCS(=O)(=O)C1. The number of benzene rings is 1. The highest BCUT2D eigenvalue weighted by molar-refractivity contribution is 7.91. The number of amides is 1. The minimum Gasteiger partial charge on any atom is -0.484 e. The molecule has 1 fully saturated rings. The van der Waals surface area contributed by atoms with Crippen LogP contribution in [-0.4, -0.2) is 63.6 Å². The standard InChI is InChI=1S/C19H23NO7S/c1-13-9-19(22)27-17-10-15(3-4-16(13)17)26-11-18(21)20(6-7-25-2)14-5-8-28(23,24)12-14/h3-4,9-10,14H,5-8,11-12H2,1-2H3/t14-/m0/s1. The van der Waals surface area contributed by atoms with Crippen LogP contribution >= 0.6 is 0 Å². The lowest BCUT2D eigenvalue weighted by molar-refractivity contribution is -0.136. The van der Waals surface area contributed by atoms with E-state index in [0.717, 1.165) is 10.9 Å². The van der Waals surface area contributed by atoms with Crippen LogP contribution < -0.4 is 10.4 Å². The number of methoxy groups -OCH3 is 1. The molecule has 0 spiro atoms. The van der Waals surface area contributed by atoms with Crippen molar-refractivity contribution in [2.75, 3.05) is 38.4 Å². The molecule has 1 aliphatic heterocycles. The molecule has 0 bridgehead atoms. The monoisotopic (exact) mass is 409 g/mol. The lowest BCUT2D eigenvalue weighted by Gasteiger charge is -2.28. The van der Waals surface area contributed by atoms with Crippen LogP contribution in [0.2, 0.25) is 0 Å². The molecule has 1 aromatic carbocycles. The fourth-order valence-electron chi connectivity index (χ4n) is 3.34. The van der Waals surface area contributed by atoms with Crippen LogP contribution in [0.3, 0.4) is 0 Å². The van der Waals surface area contributed by atoms with E-state index >= 15 is 0 Å². The number of hydrogen-bond acceptors (Lipinski definition) is 7. The van der Waals surface area contributed by atoms with E-state index in [-0.39, 0.29) is 30.1 Å². The van der Waals surface area contributed by atoms with Gasteiger partial charge < -0.3 is 18.8 Å². The average Bonchev–Trinajstić information content (AvgIpc) is 2.99. The molecule has 1 amide bonds. The van der Waals surface area contributed by atoms with Crippen molar-refractivity contribution < 1.29 is 27.1 Å². The lowest BCUT2D eigenvalue weighted by Crippen LogP contribution is -2.45. The normalized spacial score (nSPS) is 18.3. The van der Waals surface area contributed by atoms with Crippen LogP contribution in [0.25, 0.3) is 11.0 Å². The molecule has 2 heterocycles. The quantitative estimate of drug-likeness (QED) is 0.632. The Morgan fingerprint density at radius 1 is 1.32 bits per heavy atom. The van der Waals surface area contributed by atoms with Crippen LogP contribution in [0.5, 0.6) is 5.75 Å². The lowest BCUT2D eigenvalue weighted by atomic mass is 10.1.